The quantitative estimate of drug-likeness (QED) is 0.607. The van der Waals surface area contributed by atoms with Crippen LogP contribution in [0.2, 0.25) is 0 Å². The van der Waals surface area contributed by atoms with Gasteiger partial charge in [-0.25, -0.2) is 0 Å². The minimum atomic E-state index is -0.464. The fraction of sp³-hybridized carbons (Fsp3) is 0.636. The summed E-state index contributed by atoms with van der Waals surface area (Å²) in [4.78, 5) is 31.1. The standard InChI is InChI=1S/C22H28N2O2/c25-21(15-6-2-1-3-7-15)18-10-11-19-17-9-5-13-23-12-4-8-16(20(17)23)14-24(19)22(18)26/h1-3,6-7,16-20H,4-5,8-14H2. The number of fused-ring (bicyclic) bond motifs is 2. The van der Waals surface area contributed by atoms with Gasteiger partial charge in [0.15, 0.2) is 5.78 Å². The Bertz CT molecular complexity index is 701. The first-order valence-electron chi connectivity index (χ1n) is 10.4. The maximum absolute atomic E-state index is 13.3. The molecule has 0 radical (unpaired) electrons. The molecule has 1 aromatic rings. The number of benzene rings is 1. The van der Waals surface area contributed by atoms with Crippen molar-refractivity contribution in [3.8, 4) is 0 Å². The van der Waals surface area contributed by atoms with E-state index in [-0.39, 0.29) is 11.7 Å². The van der Waals surface area contributed by atoms with Gasteiger partial charge < -0.3 is 4.90 Å². The number of Topliss-reactive ketones (excluding diaryl/α,β-unsaturated/α-hetero) is 1. The van der Waals surface area contributed by atoms with Crippen molar-refractivity contribution in [1.29, 1.82) is 0 Å². The minimum absolute atomic E-state index is 0.0186. The zero-order valence-corrected chi connectivity index (χ0v) is 15.3. The van der Waals surface area contributed by atoms with Crippen molar-refractivity contribution in [3.05, 3.63) is 35.9 Å². The molecule has 5 rings (SSSR count). The first-order chi connectivity index (χ1) is 12.7. The molecule has 0 aromatic heterocycles. The Balaban J connectivity index is 1.40. The second kappa shape index (κ2) is 6.49. The van der Waals surface area contributed by atoms with Crippen LogP contribution in [0, 0.1) is 17.8 Å². The van der Waals surface area contributed by atoms with Crippen LogP contribution in [0.25, 0.3) is 0 Å². The molecule has 4 aliphatic heterocycles. The van der Waals surface area contributed by atoms with Crippen LogP contribution in [0.3, 0.4) is 0 Å². The Morgan fingerprint density at radius 2 is 1.73 bits per heavy atom. The molecule has 0 spiro atoms. The SMILES string of the molecule is O=C(c1ccccc1)C1CCC2C3CCCN4CCCC(CN2C1=O)C34. The topological polar surface area (TPSA) is 40.6 Å². The maximum Gasteiger partial charge on any atom is 0.233 e. The van der Waals surface area contributed by atoms with Crippen LogP contribution in [-0.4, -0.2) is 53.2 Å². The summed E-state index contributed by atoms with van der Waals surface area (Å²) >= 11 is 0. The molecule has 4 aliphatic rings. The Kier molecular flexibility index (Phi) is 4.11. The zero-order valence-electron chi connectivity index (χ0n) is 15.3. The first kappa shape index (κ1) is 16.5. The molecule has 0 bridgehead atoms. The van der Waals surface area contributed by atoms with E-state index in [0.29, 0.717) is 29.5 Å². The van der Waals surface area contributed by atoms with E-state index < -0.39 is 5.92 Å². The molecule has 138 valence electrons. The lowest BCUT2D eigenvalue weighted by Gasteiger charge is -2.59. The van der Waals surface area contributed by atoms with Crippen LogP contribution >= 0.6 is 0 Å². The smallest absolute Gasteiger partial charge is 0.233 e. The molecule has 1 aromatic carbocycles. The van der Waals surface area contributed by atoms with Gasteiger partial charge in [0.2, 0.25) is 5.91 Å². The normalized spacial score (nSPS) is 37.0. The van der Waals surface area contributed by atoms with Gasteiger partial charge >= 0.3 is 0 Å². The van der Waals surface area contributed by atoms with Gasteiger partial charge in [-0.15, -0.1) is 0 Å². The molecule has 4 saturated heterocycles. The van der Waals surface area contributed by atoms with Crippen LogP contribution in [0.15, 0.2) is 30.3 Å². The second-order valence-electron chi connectivity index (χ2n) is 8.65. The van der Waals surface area contributed by atoms with E-state index in [1.54, 1.807) is 0 Å². The van der Waals surface area contributed by atoms with E-state index >= 15 is 0 Å². The molecule has 4 heterocycles. The molecule has 1 amide bonds. The fourth-order valence-corrected chi connectivity index (χ4v) is 6.33. The Morgan fingerprint density at radius 3 is 2.54 bits per heavy atom. The van der Waals surface area contributed by atoms with Gasteiger partial charge in [0.25, 0.3) is 0 Å². The number of carbonyl (C=O) groups is 2. The largest absolute Gasteiger partial charge is 0.338 e. The summed E-state index contributed by atoms with van der Waals surface area (Å²) in [7, 11) is 0. The highest BCUT2D eigenvalue weighted by atomic mass is 16.2. The third-order valence-corrected chi connectivity index (χ3v) is 7.38. The number of nitrogens with zero attached hydrogens (tertiary/aromatic N) is 2. The lowest BCUT2D eigenvalue weighted by Crippen LogP contribution is -2.67. The van der Waals surface area contributed by atoms with Gasteiger partial charge in [0, 0.05) is 24.2 Å². The van der Waals surface area contributed by atoms with Crippen molar-refractivity contribution in [2.24, 2.45) is 17.8 Å². The van der Waals surface area contributed by atoms with Crippen LogP contribution in [0.5, 0.6) is 0 Å². The van der Waals surface area contributed by atoms with E-state index in [1.807, 2.05) is 30.3 Å². The Labute approximate surface area is 155 Å². The molecule has 0 saturated carbocycles. The van der Waals surface area contributed by atoms with Crippen LogP contribution < -0.4 is 0 Å². The van der Waals surface area contributed by atoms with Crippen molar-refractivity contribution >= 4 is 11.7 Å². The van der Waals surface area contributed by atoms with Crippen molar-refractivity contribution in [3.63, 3.8) is 0 Å². The number of carbonyl (C=O) groups excluding carboxylic acids is 2. The molecule has 4 nitrogen and oxygen atoms in total. The third-order valence-electron chi connectivity index (χ3n) is 7.38. The predicted molar refractivity (Wildman–Crippen MR) is 99.8 cm³/mol. The monoisotopic (exact) mass is 352 g/mol. The van der Waals surface area contributed by atoms with Gasteiger partial charge in [0.1, 0.15) is 5.92 Å². The van der Waals surface area contributed by atoms with E-state index in [4.69, 9.17) is 0 Å². The summed E-state index contributed by atoms with van der Waals surface area (Å²) < 4.78 is 0. The van der Waals surface area contributed by atoms with Crippen LogP contribution in [-0.2, 0) is 4.79 Å². The summed E-state index contributed by atoms with van der Waals surface area (Å²) in [5.74, 6) is 0.897. The molecule has 26 heavy (non-hydrogen) atoms. The number of hydrogen-bond acceptors (Lipinski definition) is 3. The average molecular weight is 352 g/mol. The highest BCUT2D eigenvalue weighted by molar-refractivity contribution is 6.10. The Hall–Kier alpha value is -1.68. The minimum Gasteiger partial charge on any atom is -0.338 e. The second-order valence-corrected chi connectivity index (χ2v) is 8.65. The number of piperidine rings is 4. The molecular formula is C22H28N2O2. The Morgan fingerprint density at radius 1 is 0.962 bits per heavy atom. The maximum atomic E-state index is 13.3. The molecule has 5 atom stereocenters. The van der Waals surface area contributed by atoms with E-state index in [2.05, 4.69) is 9.80 Å². The van der Waals surface area contributed by atoms with Crippen molar-refractivity contribution in [2.75, 3.05) is 19.6 Å². The van der Waals surface area contributed by atoms with Gasteiger partial charge in [-0.1, -0.05) is 30.3 Å². The number of hydrogen-bond donors (Lipinski definition) is 0. The summed E-state index contributed by atoms with van der Waals surface area (Å²) in [6, 6.07) is 10.4. The molecular weight excluding hydrogens is 324 g/mol. The number of rotatable bonds is 2. The molecule has 0 N–H and O–H groups in total. The van der Waals surface area contributed by atoms with Gasteiger partial charge in [-0.3, -0.25) is 14.5 Å². The first-order valence-corrected chi connectivity index (χ1v) is 10.4. The highest BCUT2D eigenvalue weighted by Gasteiger charge is 2.52. The zero-order chi connectivity index (χ0) is 17.7. The third kappa shape index (κ3) is 2.53. The van der Waals surface area contributed by atoms with Crippen molar-refractivity contribution in [2.45, 2.75) is 50.6 Å². The van der Waals surface area contributed by atoms with Crippen LogP contribution in [0.1, 0.15) is 48.9 Å². The summed E-state index contributed by atoms with van der Waals surface area (Å²) in [6.07, 6.45) is 6.74. The van der Waals surface area contributed by atoms with E-state index in [1.165, 1.54) is 38.8 Å². The van der Waals surface area contributed by atoms with Gasteiger partial charge in [0.05, 0.1) is 0 Å². The molecule has 4 heteroatoms. The summed E-state index contributed by atoms with van der Waals surface area (Å²) in [5.41, 5.74) is 0.681. The van der Waals surface area contributed by atoms with Gasteiger partial charge in [-0.05, 0) is 63.5 Å². The van der Waals surface area contributed by atoms with Gasteiger partial charge in [-0.2, -0.15) is 0 Å². The van der Waals surface area contributed by atoms with Crippen molar-refractivity contribution < 1.29 is 9.59 Å². The average Bonchev–Trinajstić information content (AvgIpc) is 2.69. The van der Waals surface area contributed by atoms with Crippen molar-refractivity contribution in [1.82, 2.24) is 9.80 Å². The highest BCUT2D eigenvalue weighted by Crippen LogP contribution is 2.45. The lowest BCUT2D eigenvalue weighted by molar-refractivity contribution is -0.154. The summed E-state index contributed by atoms with van der Waals surface area (Å²) in [5, 5.41) is 0. The fourth-order valence-electron chi connectivity index (χ4n) is 6.33. The van der Waals surface area contributed by atoms with E-state index in [0.717, 1.165) is 19.4 Å². The molecule has 4 fully saturated rings. The van der Waals surface area contributed by atoms with Crippen LogP contribution in [0.4, 0.5) is 0 Å². The number of ketones is 1. The molecule has 0 aliphatic carbocycles. The number of amides is 1. The van der Waals surface area contributed by atoms with E-state index in [9.17, 15) is 9.59 Å². The predicted octanol–water partition coefficient (Wildman–Crippen LogP) is 2.98. The lowest BCUT2D eigenvalue weighted by atomic mass is 9.67. The summed E-state index contributed by atoms with van der Waals surface area (Å²) in [6.45, 7) is 3.36. The molecule has 5 unspecified atom stereocenters.